The lowest BCUT2D eigenvalue weighted by atomic mass is 10.1. The van der Waals surface area contributed by atoms with Crippen molar-refractivity contribution in [3.8, 4) is 0 Å². The molecular formula is C21H25FN2O2. The molecule has 2 rings (SSSR count). The highest BCUT2D eigenvalue weighted by atomic mass is 19.1. The zero-order chi connectivity index (χ0) is 18.9. The summed E-state index contributed by atoms with van der Waals surface area (Å²) in [5.41, 5.74) is 1.61. The molecule has 4 nitrogen and oxygen atoms in total. The molecule has 0 saturated heterocycles. The Morgan fingerprint density at radius 3 is 2.38 bits per heavy atom. The molecular weight excluding hydrogens is 331 g/mol. The van der Waals surface area contributed by atoms with Crippen LogP contribution in [0.3, 0.4) is 0 Å². The molecule has 1 N–H and O–H groups in total. The molecule has 2 amide bonds. The first-order valence-electron chi connectivity index (χ1n) is 8.81. The van der Waals surface area contributed by atoms with Gasteiger partial charge < -0.3 is 10.2 Å². The third-order valence-corrected chi connectivity index (χ3v) is 4.41. The molecule has 0 radical (unpaired) electrons. The van der Waals surface area contributed by atoms with Crippen molar-refractivity contribution in [2.75, 3.05) is 13.1 Å². The minimum Gasteiger partial charge on any atom is -0.356 e. The third-order valence-electron chi connectivity index (χ3n) is 4.41. The van der Waals surface area contributed by atoms with Gasteiger partial charge in [-0.3, -0.25) is 9.59 Å². The first-order chi connectivity index (χ1) is 12.5. The van der Waals surface area contributed by atoms with Crippen molar-refractivity contribution >= 4 is 11.8 Å². The summed E-state index contributed by atoms with van der Waals surface area (Å²) in [6.07, 6.45) is 0.656. The summed E-state index contributed by atoms with van der Waals surface area (Å²) in [4.78, 5) is 25.7. The first-order valence-corrected chi connectivity index (χ1v) is 8.81. The molecule has 1 atom stereocenters. The van der Waals surface area contributed by atoms with Crippen LogP contribution in [0.5, 0.6) is 0 Å². The van der Waals surface area contributed by atoms with Crippen LogP contribution in [0.25, 0.3) is 0 Å². The Morgan fingerprint density at radius 2 is 1.73 bits per heavy atom. The highest BCUT2D eigenvalue weighted by Gasteiger charge is 2.19. The van der Waals surface area contributed by atoms with Crippen molar-refractivity contribution in [3.05, 3.63) is 71.5 Å². The second kappa shape index (κ2) is 9.70. The van der Waals surface area contributed by atoms with Crippen molar-refractivity contribution in [2.45, 2.75) is 32.7 Å². The van der Waals surface area contributed by atoms with Gasteiger partial charge in [-0.2, -0.15) is 0 Å². The van der Waals surface area contributed by atoms with Gasteiger partial charge in [-0.1, -0.05) is 48.5 Å². The molecule has 5 heteroatoms. The SMILES string of the molecule is CC(=O)N(CCC(=O)NCCc1ccccc1F)C(C)c1ccccc1. The summed E-state index contributed by atoms with van der Waals surface area (Å²) < 4.78 is 13.6. The van der Waals surface area contributed by atoms with Crippen LogP contribution in [-0.4, -0.2) is 29.8 Å². The van der Waals surface area contributed by atoms with Gasteiger partial charge in [-0.25, -0.2) is 4.39 Å². The van der Waals surface area contributed by atoms with E-state index >= 15 is 0 Å². The van der Waals surface area contributed by atoms with E-state index in [2.05, 4.69) is 5.32 Å². The molecule has 0 aromatic heterocycles. The Morgan fingerprint density at radius 1 is 1.08 bits per heavy atom. The Labute approximate surface area is 154 Å². The highest BCUT2D eigenvalue weighted by Crippen LogP contribution is 2.20. The van der Waals surface area contributed by atoms with Crippen LogP contribution in [0.15, 0.2) is 54.6 Å². The zero-order valence-electron chi connectivity index (χ0n) is 15.2. The number of amides is 2. The molecule has 26 heavy (non-hydrogen) atoms. The van der Waals surface area contributed by atoms with Gasteiger partial charge in [-0.05, 0) is 30.5 Å². The Balaban J connectivity index is 1.82. The number of halogens is 1. The van der Waals surface area contributed by atoms with Crippen LogP contribution < -0.4 is 5.32 Å². The van der Waals surface area contributed by atoms with Crippen LogP contribution >= 0.6 is 0 Å². The molecule has 1 unspecified atom stereocenters. The van der Waals surface area contributed by atoms with E-state index in [0.29, 0.717) is 25.1 Å². The van der Waals surface area contributed by atoms with Gasteiger partial charge in [0.1, 0.15) is 5.82 Å². The summed E-state index contributed by atoms with van der Waals surface area (Å²) in [7, 11) is 0. The maximum absolute atomic E-state index is 13.6. The molecule has 0 heterocycles. The predicted molar refractivity (Wildman–Crippen MR) is 100.0 cm³/mol. The second-order valence-corrected chi connectivity index (χ2v) is 6.24. The average Bonchev–Trinajstić information content (AvgIpc) is 2.64. The van der Waals surface area contributed by atoms with E-state index in [1.165, 1.54) is 13.0 Å². The van der Waals surface area contributed by atoms with Crippen LogP contribution in [0, 0.1) is 5.82 Å². The highest BCUT2D eigenvalue weighted by molar-refractivity contribution is 5.78. The van der Waals surface area contributed by atoms with Gasteiger partial charge in [-0.15, -0.1) is 0 Å². The van der Waals surface area contributed by atoms with Crippen molar-refractivity contribution < 1.29 is 14.0 Å². The lowest BCUT2D eigenvalue weighted by Crippen LogP contribution is -2.36. The number of nitrogens with zero attached hydrogens (tertiary/aromatic N) is 1. The number of hydrogen-bond donors (Lipinski definition) is 1. The standard InChI is InChI=1S/C21H25FN2O2/c1-16(18-8-4-3-5-9-18)24(17(2)25)15-13-21(26)23-14-12-19-10-6-7-11-20(19)22/h3-11,16H,12-15H2,1-2H3,(H,23,26). The van der Waals surface area contributed by atoms with Crippen molar-refractivity contribution in [1.82, 2.24) is 10.2 Å². The van der Waals surface area contributed by atoms with Crippen LogP contribution in [0.2, 0.25) is 0 Å². The van der Waals surface area contributed by atoms with Gasteiger partial charge >= 0.3 is 0 Å². The first kappa shape index (κ1) is 19.6. The number of carbonyl (C=O) groups is 2. The second-order valence-electron chi connectivity index (χ2n) is 6.24. The summed E-state index contributed by atoms with van der Waals surface area (Å²) in [5.74, 6) is -0.477. The smallest absolute Gasteiger partial charge is 0.221 e. The number of carbonyl (C=O) groups excluding carboxylic acids is 2. The van der Waals surface area contributed by atoms with Crippen molar-refractivity contribution in [2.24, 2.45) is 0 Å². The molecule has 0 spiro atoms. The summed E-state index contributed by atoms with van der Waals surface area (Å²) in [6.45, 7) is 4.17. The molecule has 0 bridgehead atoms. The fraction of sp³-hybridized carbons (Fsp3) is 0.333. The van der Waals surface area contributed by atoms with Crippen LogP contribution in [0.4, 0.5) is 4.39 Å². The van der Waals surface area contributed by atoms with Crippen molar-refractivity contribution in [1.29, 1.82) is 0 Å². The van der Waals surface area contributed by atoms with Crippen molar-refractivity contribution in [3.63, 3.8) is 0 Å². The quantitative estimate of drug-likeness (QED) is 0.787. The zero-order valence-corrected chi connectivity index (χ0v) is 15.2. The number of hydrogen-bond acceptors (Lipinski definition) is 2. The largest absolute Gasteiger partial charge is 0.356 e. The van der Waals surface area contributed by atoms with Crippen LogP contribution in [-0.2, 0) is 16.0 Å². The lowest BCUT2D eigenvalue weighted by molar-refractivity contribution is -0.131. The topological polar surface area (TPSA) is 49.4 Å². The number of rotatable bonds is 8. The minimum atomic E-state index is -0.263. The fourth-order valence-corrected chi connectivity index (χ4v) is 2.88. The Hall–Kier alpha value is -2.69. The number of benzene rings is 2. The minimum absolute atomic E-state index is 0.0690. The van der Waals surface area contributed by atoms with E-state index in [1.54, 1.807) is 23.1 Å². The maximum atomic E-state index is 13.6. The molecule has 0 fully saturated rings. The Kier molecular flexibility index (Phi) is 7.33. The molecule has 0 aliphatic rings. The molecule has 0 saturated carbocycles. The van der Waals surface area contributed by atoms with Gasteiger partial charge in [0.2, 0.25) is 11.8 Å². The average molecular weight is 356 g/mol. The van der Waals surface area contributed by atoms with E-state index in [0.717, 1.165) is 5.56 Å². The lowest BCUT2D eigenvalue weighted by Gasteiger charge is -2.28. The van der Waals surface area contributed by atoms with E-state index in [9.17, 15) is 14.0 Å². The summed E-state index contributed by atoms with van der Waals surface area (Å²) in [5, 5.41) is 2.79. The normalized spacial score (nSPS) is 11.7. The molecule has 0 aliphatic heterocycles. The third kappa shape index (κ3) is 5.69. The fourth-order valence-electron chi connectivity index (χ4n) is 2.88. The monoisotopic (exact) mass is 356 g/mol. The summed E-state index contributed by atoms with van der Waals surface area (Å²) >= 11 is 0. The number of nitrogens with one attached hydrogen (secondary N) is 1. The molecule has 2 aromatic rings. The van der Waals surface area contributed by atoms with Gasteiger partial charge in [0.25, 0.3) is 0 Å². The Bertz CT molecular complexity index is 734. The van der Waals surface area contributed by atoms with E-state index in [4.69, 9.17) is 0 Å². The molecule has 2 aromatic carbocycles. The molecule has 138 valence electrons. The van der Waals surface area contributed by atoms with E-state index < -0.39 is 0 Å². The maximum Gasteiger partial charge on any atom is 0.221 e. The predicted octanol–water partition coefficient (Wildman–Crippen LogP) is 3.48. The van der Waals surface area contributed by atoms with Crippen LogP contribution in [0.1, 0.15) is 37.4 Å². The van der Waals surface area contributed by atoms with E-state index in [-0.39, 0.29) is 30.1 Å². The summed E-state index contributed by atoms with van der Waals surface area (Å²) in [6, 6.07) is 16.2. The van der Waals surface area contributed by atoms with E-state index in [1.807, 2.05) is 37.3 Å². The van der Waals surface area contributed by atoms with Gasteiger partial charge in [0.15, 0.2) is 0 Å². The van der Waals surface area contributed by atoms with Gasteiger partial charge in [0, 0.05) is 26.4 Å². The van der Waals surface area contributed by atoms with Gasteiger partial charge in [0.05, 0.1) is 6.04 Å². The molecule has 0 aliphatic carbocycles.